The van der Waals surface area contributed by atoms with E-state index in [0.29, 0.717) is 5.92 Å². The number of rotatable bonds is 4. The minimum absolute atomic E-state index is 0.366. The maximum atomic E-state index is 2.46. The molecule has 0 aliphatic heterocycles. The summed E-state index contributed by atoms with van der Waals surface area (Å²) < 4.78 is 0. The van der Waals surface area contributed by atoms with Gasteiger partial charge in [-0.2, -0.15) is 0 Å². The smallest absolute Gasteiger partial charge is 0.000741 e. The highest BCUT2D eigenvalue weighted by atomic mass is 14.3. The highest BCUT2D eigenvalue weighted by molar-refractivity contribution is 6.29. The average molecular weight is 647 g/mol. The van der Waals surface area contributed by atoms with E-state index in [0.717, 1.165) is 0 Å². The Morgan fingerprint density at radius 3 is 1.45 bits per heavy atom. The molecule has 0 amide bonds. The van der Waals surface area contributed by atoms with Gasteiger partial charge >= 0.3 is 0 Å². The third-order valence-electron chi connectivity index (χ3n) is 11.5. The Bertz CT molecular complexity index is 2810. The number of fused-ring (bicyclic) bond motifs is 7. The molecule has 238 valence electrons. The zero-order valence-electron chi connectivity index (χ0n) is 28.7. The first-order valence-corrected chi connectivity index (χ1v) is 18.1. The van der Waals surface area contributed by atoms with Gasteiger partial charge in [0.25, 0.3) is 0 Å². The zero-order chi connectivity index (χ0) is 33.8. The Morgan fingerprint density at radius 1 is 0.314 bits per heavy atom. The van der Waals surface area contributed by atoms with Gasteiger partial charge in [0, 0.05) is 0 Å². The second-order valence-corrected chi connectivity index (χ2v) is 14.5. The topological polar surface area (TPSA) is 0 Å². The van der Waals surface area contributed by atoms with Crippen LogP contribution < -0.4 is 0 Å². The van der Waals surface area contributed by atoms with Crippen molar-refractivity contribution in [1.82, 2.24) is 0 Å². The molecule has 0 radical (unpaired) electrons. The summed E-state index contributed by atoms with van der Waals surface area (Å²) in [6.07, 6.45) is 0. The maximum Gasteiger partial charge on any atom is -0.000741 e. The van der Waals surface area contributed by atoms with Gasteiger partial charge in [0.2, 0.25) is 0 Å². The lowest BCUT2D eigenvalue weighted by Crippen LogP contribution is -1.94. The fraction of sp³-hybridized carbons (Fsp3) is 0.0588. The van der Waals surface area contributed by atoms with Crippen LogP contribution in [0.3, 0.4) is 0 Å². The average Bonchev–Trinajstić information content (AvgIpc) is 3.69. The fourth-order valence-corrected chi connectivity index (χ4v) is 9.41. The van der Waals surface area contributed by atoms with E-state index < -0.39 is 0 Å². The second kappa shape index (κ2) is 10.6. The standard InChI is InChI=1S/C51H34/c1-30(2)35-25-27-42-49-43(28-26-36(48(35)49)34-23-24-37-38-21-11-17-31-18-12-22-41(45(31)38)44(37)29-34)51-47(33-15-7-4-8-16-33)40-20-10-9-19-39(40)46(50(42)51)32-13-5-3-6-14-32/h3-30H,1-2H3. The van der Waals surface area contributed by atoms with Crippen LogP contribution in [0.1, 0.15) is 25.3 Å². The Kier molecular flexibility index (Phi) is 5.96. The van der Waals surface area contributed by atoms with Crippen LogP contribution in [0.25, 0.3) is 110 Å². The first-order valence-electron chi connectivity index (χ1n) is 18.1. The summed E-state index contributed by atoms with van der Waals surface area (Å²) >= 11 is 0. The molecule has 0 fully saturated rings. The zero-order valence-corrected chi connectivity index (χ0v) is 28.7. The predicted octanol–water partition coefficient (Wildman–Crippen LogP) is 14.6. The van der Waals surface area contributed by atoms with Crippen molar-refractivity contribution in [2.45, 2.75) is 19.8 Å². The van der Waals surface area contributed by atoms with Crippen LogP contribution in [0.5, 0.6) is 0 Å². The van der Waals surface area contributed by atoms with E-state index in [1.54, 1.807) is 0 Å². The van der Waals surface area contributed by atoms with Gasteiger partial charge < -0.3 is 0 Å². The number of hydrogen-bond acceptors (Lipinski definition) is 0. The minimum Gasteiger partial charge on any atom is -0.0622 e. The van der Waals surface area contributed by atoms with Crippen LogP contribution in [0.2, 0.25) is 0 Å². The summed E-state index contributed by atoms with van der Waals surface area (Å²) in [6, 6.07) is 61.4. The summed E-state index contributed by atoms with van der Waals surface area (Å²) in [5.41, 5.74) is 19.9. The molecule has 2 aliphatic rings. The van der Waals surface area contributed by atoms with E-state index in [2.05, 4.69) is 178 Å². The summed E-state index contributed by atoms with van der Waals surface area (Å²) in [5, 5.41) is 8.03. The van der Waals surface area contributed by atoms with Crippen molar-refractivity contribution < 1.29 is 0 Å². The molecule has 0 heteroatoms. The van der Waals surface area contributed by atoms with Gasteiger partial charge in [-0.05, 0) is 128 Å². The van der Waals surface area contributed by atoms with Crippen LogP contribution >= 0.6 is 0 Å². The Balaban J connectivity index is 1.26. The molecule has 0 saturated carbocycles. The van der Waals surface area contributed by atoms with Crippen LogP contribution in [-0.4, -0.2) is 0 Å². The predicted molar refractivity (Wildman–Crippen MR) is 218 cm³/mol. The van der Waals surface area contributed by atoms with E-state index in [9.17, 15) is 0 Å². The molecule has 0 saturated heterocycles. The van der Waals surface area contributed by atoms with Crippen molar-refractivity contribution in [2.75, 3.05) is 0 Å². The Labute approximate surface area is 298 Å². The molecule has 9 aromatic carbocycles. The largest absolute Gasteiger partial charge is 0.0622 e. The van der Waals surface area contributed by atoms with E-state index in [4.69, 9.17) is 0 Å². The van der Waals surface area contributed by atoms with Gasteiger partial charge in [-0.15, -0.1) is 0 Å². The molecule has 0 atom stereocenters. The van der Waals surface area contributed by atoms with Gasteiger partial charge in [-0.25, -0.2) is 0 Å². The van der Waals surface area contributed by atoms with E-state index in [-0.39, 0.29) is 0 Å². The van der Waals surface area contributed by atoms with Crippen molar-refractivity contribution in [3.8, 4) is 77.9 Å². The Hall–Kier alpha value is -6.24. The molecule has 11 rings (SSSR count). The van der Waals surface area contributed by atoms with Crippen molar-refractivity contribution in [3.05, 3.63) is 169 Å². The maximum absolute atomic E-state index is 2.46. The number of benzene rings is 9. The fourth-order valence-electron chi connectivity index (χ4n) is 9.41. The van der Waals surface area contributed by atoms with Gasteiger partial charge in [-0.1, -0.05) is 172 Å². The molecule has 0 bridgehead atoms. The van der Waals surface area contributed by atoms with Crippen LogP contribution in [0, 0.1) is 0 Å². The minimum atomic E-state index is 0.366. The SMILES string of the molecule is CC(C)c1ccc2c3c(ccc(-c4ccc5c(c4)-c4cccc6cccc-5c46)c13)-c1c-2c(-c2ccccc2)c2ccccc2c1-c1ccccc1. The van der Waals surface area contributed by atoms with Crippen LogP contribution in [0.4, 0.5) is 0 Å². The molecule has 0 nitrogen and oxygen atoms in total. The van der Waals surface area contributed by atoms with Crippen molar-refractivity contribution in [2.24, 2.45) is 0 Å². The van der Waals surface area contributed by atoms with Gasteiger partial charge in [0.1, 0.15) is 0 Å². The van der Waals surface area contributed by atoms with E-state index in [1.165, 1.54) is 116 Å². The number of hydrogen-bond donors (Lipinski definition) is 0. The van der Waals surface area contributed by atoms with E-state index >= 15 is 0 Å². The molecular formula is C51H34. The highest BCUT2D eigenvalue weighted by Gasteiger charge is 2.32. The first-order chi connectivity index (χ1) is 25.2. The van der Waals surface area contributed by atoms with Crippen LogP contribution in [-0.2, 0) is 0 Å². The summed E-state index contributed by atoms with van der Waals surface area (Å²) in [6.45, 7) is 4.68. The van der Waals surface area contributed by atoms with E-state index in [1.807, 2.05) is 0 Å². The van der Waals surface area contributed by atoms with Crippen molar-refractivity contribution >= 4 is 32.3 Å². The molecule has 0 N–H and O–H groups in total. The molecule has 0 aromatic heterocycles. The monoisotopic (exact) mass is 646 g/mol. The molecule has 0 unspecified atom stereocenters. The highest BCUT2D eigenvalue weighted by Crippen LogP contribution is 2.59. The molecule has 51 heavy (non-hydrogen) atoms. The second-order valence-electron chi connectivity index (χ2n) is 14.5. The Morgan fingerprint density at radius 2 is 0.843 bits per heavy atom. The summed E-state index contributed by atoms with van der Waals surface area (Å²) in [7, 11) is 0. The molecule has 2 aliphatic carbocycles. The first kappa shape index (κ1) is 28.6. The molecule has 0 spiro atoms. The quantitative estimate of drug-likeness (QED) is 0.178. The summed E-state index contributed by atoms with van der Waals surface area (Å²) in [5.74, 6) is 0.366. The lowest BCUT2D eigenvalue weighted by molar-refractivity contribution is 0.877. The van der Waals surface area contributed by atoms with Gasteiger partial charge in [0.05, 0.1) is 0 Å². The molecule has 9 aromatic rings. The van der Waals surface area contributed by atoms with Gasteiger partial charge in [0.15, 0.2) is 0 Å². The third-order valence-corrected chi connectivity index (χ3v) is 11.5. The lowest BCUT2D eigenvalue weighted by Gasteiger charge is -2.20. The lowest BCUT2D eigenvalue weighted by atomic mass is 9.82. The van der Waals surface area contributed by atoms with Crippen molar-refractivity contribution in [1.29, 1.82) is 0 Å². The normalized spacial score (nSPS) is 12.3. The van der Waals surface area contributed by atoms with Gasteiger partial charge in [-0.3, -0.25) is 0 Å². The van der Waals surface area contributed by atoms with Crippen LogP contribution in [0.15, 0.2) is 164 Å². The molecular weight excluding hydrogens is 613 g/mol. The van der Waals surface area contributed by atoms with Crippen molar-refractivity contribution in [3.63, 3.8) is 0 Å². The molecule has 0 heterocycles. The summed E-state index contributed by atoms with van der Waals surface area (Å²) in [4.78, 5) is 0. The third kappa shape index (κ3) is 3.91.